The molecule has 3 fully saturated rings. The maximum absolute atomic E-state index is 13.4. The molecule has 0 spiro atoms. The maximum Gasteiger partial charge on any atom is 0.519 e. The van der Waals surface area contributed by atoms with Gasteiger partial charge in [-0.05, 0) is 31.4 Å². The Morgan fingerprint density at radius 3 is 2.68 bits per heavy atom. The Morgan fingerprint density at radius 2 is 2.02 bits per heavy atom. The van der Waals surface area contributed by atoms with Gasteiger partial charge in [-0.15, -0.1) is 11.8 Å². The van der Waals surface area contributed by atoms with Gasteiger partial charge < -0.3 is 44.7 Å². The zero-order valence-electron chi connectivity index (χ0n) is 24.4. The third kappa shape index (κ3) is 5.93. The van der Waals surface area contributed by atoms with Gasteiger partial charge in [-0.25, -0.2) is 14.4 Å². The second kappa shape index (κ2) is 12.5. The van der Waals surface area contributed by atoms with Crippen molar-refractivity contribution in [1.29, 1.82) is 0 Å². The fourth-order valence-corrected chi connectivity index (χ4v) is 7.44. The molecule has 2 aromatic rings. The van der Waals surface area contributed by atoms with E-state index in [9.17, 15) is 39.1 Å². The molecule has 2 aromatic heterocycles. The van der Waals surface area contributed by atoms with Crippen LogP contribution in [0.5, 0.6) is 0 Å². The lowest BCUT2D eigenvalue weighted by atomic mass is 10.0. The summed E-state index contributed by atoms with van der Waals surface area (Å²) in [6.07, 6.45) is 1.68. The van der Waals surface area contributed by atoms with Crippen molar-refractivity contribution in [3.63, 3.8) is 0 Å². The summed E-state index contributed by atoms with van der Waals surface area (Å²) < 4.78 is 18.6. The predicted octanol–water partition coefficient (Wildman–Crippen LogP) is -0.538. The summed E-state index contributed by atoms with van der Waals surface area (Å²) in [5, 5.41) is 24.0. The average Bonchev–Trinajstić information content (AvgIpc) is 3.83. The molecular formula is C26H26N8O11S2. The zero-order valence-corrected chi connectivity index (χ0v) is 26.0. The van der Waals surface area contributed by atoms with Gasteiger partial charge in [0.25, 0.3) is 11.8 Å². The summed E-state index contributed by atoms with van der Waals surface area (Å²) in [7, 11) is 0. The molecule has 6 heterocycles. The summed E-state index contributed by atoms with van der Waals surface area (Å²) >= 11 is 1.97. The van der Waals surface area contributed by atoms with E-state index in [-0.39, 0.29) is 64.6 Å². The molecule has 0 saturated carbocycles. The number of oxime groups is 1. The van der Waals surface area contributed by atoms with E-state index in [1.165, 1.54) is 29.7 Å². The molecule has 0 bridgehead atoms. The molecule has 3 saturated heterocycles. The van der Waals surface area contributed by atoms with E-state index in [1.54, 1.807) is 4.90 Å². The molecule has 4 amide bonds. The Balaban J connectivity index is 1.09. The smallest absolute Gasteiger partial charge is 0.477 e. The number of amides is 4. The number of allylic oxidation sites excluding steroid dienone is 1. The lowest BCUT2D eigenvalue weighted by Gasteiger charge is -2.49. The van der Waals surface area contributed by atoms with E-state index in [1.807, 2.05) is 0 Å². The molecular weight excluding hydrogens is 664 g/mol. The van der Waals surface area contributed by atoms with Crippen molar-refractivity contribution in [3.8, 4) is 0 Å². The van der Waals surface area contributed by atoms with Crippen LogP contribution in [-0.2, 0) is 30.5 Å². The first-order chi connectivity index (χ1) is 22.5. The number of nitrogens with zero attached hydrogens (tertiary/aromatic N) is 6. The van der Waals surface area contributed by atoms with Gasteiger partial charge in [-0.2, -0.15) is 9.36 Å². The molecule has 4 aliphatic heterocycles. The number of nitrogen functional groups attached to an aromatic ring is 1. The summed E-state index contributed by atoms with van der Waals surface area (Å²) in [5.74, 6) is -4.02. The second-order valence-corrected chi connectivity index (χ2v) is 12.6. The number of aliphatic carboxylic acids is 1. The van der Waals surface area contributed by atoms with Crippen molar-refractivity contribution in [3.05, 3.63) is 50.9 Å². The zero-order chi connectivity index (χ0) is 33.6. The molecule has 6 rings (SSSR count). The van der Waals surface area contributed by atoms with Crippen LogP contribution in [-0.4, -0.2) is 113 Å². The predicted molar refractivity (Wildman–Crippen MR) is 159 cm³/mol. The number of anilines is 1. The number of hydrogen-bond acceptors (Lipinski definition) is 16. The van der Waals surface area contributed by atoms with Gasteiger partial charge in [0.15, 0.2) is 23.3 Å². The van der Waals surface area contributed by atoms with Gasteiger partial charge in [0.2, 0.25) is 17.4 Å². The highest BCUT2D eigenvalue weighted by Gasteiger charge is 2.54. The molecule has 248 valence electrons. The molecule has 0 aliphatic carbocycles. The van der Waals surface area contributed by atoms with E-state index >= 15 is 0 Å². The van der Waals surface area contributed by atoms with Crippen LogP contribution in [0.15, 0.2) is 41.7 Å². The number of β-lactam (4-membered cyclic amide) rings is 1. The number of fused-ring (bicyclic) bond motifs is 1. The first-order valence-corrected chi connectivity index (χ1v) is 15.8. The highest BCUT2D eigenvalue weighted by Crippen LogP contribution is 2.41. The number of nitrogens with one attached hydrogen (secondary N) is 1. The van der Waals surface area contributed by atoms with E-state index in [2.05, 4.69) is 19.8 Å². The van der Waals surface area contributed by atoms with Gasteiger partial charge in [-0.1, -0.05) is 5.16 Å². The van der Waals surface area contributed by atoms with Gasteiger partial charge >= 0.3 is 17.9 Å². The molecule has 19 nitrogen and oxygen atoms in total. The number of aryl methyl sites for hydroxylation is 1. The Kier molecular flexibility index (Phi) is 8.49. The third-order valence-corrected chi connectivity index (χ3v) is 9.83. The third-order valence-electron chi connectivity index (χ3n) is 7.99. The van der Waals surface area contributed by atoms with Crippen LogP contribution < -0.4 is 16.9 Å². The van der Waals surface area contributed by atoms with Crippen molar-refractivity contribution in [2.45, 2.75) is 43.8 Å². The van der Waals surface area contributed by atoms with Crippen LogP contribution in [0.4, 0.5) is 9.93 Å². The number of ether oxygens (including phenoxy) is 1. The van der Waals surface area contributed by atoms with Crippen LogP contribution in [0, 0.1) is 6.92 Å². The summed E-state index contributed by atoms with van der Waals surface area (Å²) in [4.78, 5) is 83.2. The molecule has 0 aromatic carbocycles. The Bertz CT molecular complexity index is 1830. The Labute approximate surface area is 271 Å². The molecule has 2 unspecified atom stereocenters. The Hall–Kier alpha value is -5.18. The summed E-state index contributed by atoms with van der Waals surface area (Å²) in [5.41, 5.74) is 5.29. The first kappa shape index (κ1) is 31.8. The SMILES string of the molecule is Cc1oc(=O)oc1COC(=O)N1CC[C@@H](N2CC/C(=C\C3=C(C(=O)O)N4C(=O)C(NC(=O)/C(=N\O)c5nsc(N)n5)C4SC3)C2=O)C1. The number of carbonyl (C=O) groups excluding carboxylic acids is 4. The number of carbonyl (C=O) groups is 5. The van der Waals surface area contributed by atoms with Gasteiger partial charge in [0.1, 0.15) is 17.1 Å². The van der Waals surface area contributed by atoms with E-state index in [4.69, 9.17) is 19.3 Å². The highest BCUT2D eigenvalue weighted by molar-refractivity contribution is 8.00. The highest BCUT2D eigenvalue weighted by atomic mass is 32.2. The minimum absolute atomic E-state index is 0.0324. The minimum atomic E-state index is -1.38. The van der Waals surface area contributed by atoms with Gasteiger partial charge in [0, 0.05) is 42.5 Å². The van der Waals surface area contributed by atoms with E-state index < -0.39 is 46.8 Å². The topological polar surface area (TPSA) is 264 Å². The average molecular weight is 691 g/mol. The minimum Gasteiger partial charge on any atom is -0.477 e. The van der Waals surface area contributed by atoms with Crippen LogP contribution in [0.1, 0.15) is 30.2 Å². The Morgan fingerprint density at radius 1 is 1.23 bits per heavy atom. The van der Waals surface area contributed by atoms with Crippen molar-refractivity contribution >= 4 is 63.9 Å². The molecule has 3 atom stereocenters. The number of thioether (sulfide) groups is 1. The summed E-state index contributed by atoms with van der Waals surface area (Å²) in [6, 6.07) is -1.41. The maximum atomic E-state index is 13.4. The van der Waals surface area contributed by atoms with Crippen LogP contribution in [0.2, 0.25) is 0 Å². The lowest BCUT2D eigenvalue weighted by Crippen LogP contribution is -2.71. The largest absolute Gasteiger partial charge is 0.519 e. The molecule has 4 aliphatic rings. The standard InChI is InChI=1S/C26H26N8O11S2/c1-10-14(45-26(41)44-10)8-43-25(40)32-4-3-13(7-32)33-5-2-11(20(33)36)6-12-9-46-22-16(21(37)34(22)17(12)23(38)39)28-19(35)15(30-42)18-29-24(27)47-31-18/h6,13,16,22,42H,2-5,7-9H2,1H3,(H,28,35)(H,38,39)(H2,27,29,31)/b11-6+,30-15-/t13-,16?,22?/m1/s1. The quantitative estimate of drug-likeness (QED) is 0.0891. The number of likely N-dealkylation sites (tertiary alicyclic amines) is 2. The van der Waals surface area contributed by atoms with Crippen molar-refractivity contribution < 1.29 is 47.9 Å². The lowest BCUT2D eigenvalue weighted by molar-refractivity contribution is -0.150. The fraction of sp³-hybridized carbons (Fsp3) is 0.423. The number of aromatic nitrogens is 2. The van der Waals surface area contributed by atoms with Gasteiger partial charge in [0.05, 0.1) is 6.04 Å². The number of carboxylic acids is 1. The summed E-state index contributed by atoms with van der Waals surface area (Å²) in [6.45, 7) is 2.14. The molecule has 0 radical (unpaired) electrons. The second-order valence-electron chi connectivity index (χ2n) is 10.7. The van der Waals surface area contributed by atoms with Crippen molar-refractivity contribution in [2.24, 2.45) is 5.16 Å². The van der Waals surface area contributed by atoms with Gasteiger partial charge in [-0.3, -0.25) is 19.3 Å². The van der Waals surface area contributed by atoms with Crippen LogP contribution in [0.25, 0.3) is 0 Å². The van der Waals surface area contributed by atoms with Crippen LogP contribution >= 0.6 is 23.3 Å². The molecule has 5 N–H and O–H groups in total. The monoisotopic (exact) mass is 690 g/mol. The molecule has 21 heteroatoms. The fourth-order valence-electron chi connectivity index (χ4n) is 5.70. The number of rotatable bonds is 8. The van der Waals surface area contributed by atoms with E-state index in [0.717, 1.165) is 16.4 Å². The number of nitrogens with two attached hydrogens (primary N) is 1. The van der Waals surface area contributed by atoms with E-state index in [0.29, 0.717) is 31.5 Å². The van der Waals surface area contributed by atoms with Crippen molar-refractivity contribution in [1.82, 2.24) is 29.4 Å². The number of hydrogen-bond donors (Lipinski definition) is 4. The normalized spacial score (nSPS) is 23.8. The van der Waals surface area contributed by atoms with Crippen LogP contribution in [0.3, 0.4) is 0 Å². The number of carboxylic acid groups (broad SMARTS) is 1. The van der Waals surface area contributed by atoms with Crippen molar-refractivity contribution in [2.75, 3.05) is 31.1 Å². The molecule has 47 heavy (non-hydrogen) atoms. The first-order valence-electron chi connectivity index (χ1n) is 14.0.